The molecule has 15 nitrogen and oxygen atoms in total. The third kappa shape index (κ3) is 12.7. The van der Waals surface area contributed by atoms with Crippen molar-refractivity contribution < 1.29 is 62.9 Å². The number of hydrogen-bond acceptors (Lipinski definition) is 14. The first-order valence-corrected chi connectivity index (χ1v) is 24.3. The second-order valence-corrected chi connectivity index (χ2v) is 17.6. The lowest BCUT2D eigenvalue weighted by molar-refractivity contribution is -0.256. The second kappa shape index (κ2) is 26.0. The molecule has 3 aromatic carbocycles. The highest BCUT2D eigenvalue weighted by Crippen LogP contribution is 2.62. The van der Waals surface area contributed by atoms with Crippen LogP contribution in [-0.2, 0) is 35.1 Å². The zero-order valence-electron chi connectivity index (χ0n) is 39.0. The van der Waals surface area contributed by atoms with Gasteiger partial charge in [0.05, 0.1) is 57.9 Å². The number of ether oxygens (including phenoxy) is 7. The van der Waals surface area contributed by atoms with Crippen LogP contribution in [0.3, 0.4) is 0 Å². The van der Waals surface area contributed by atoms with Gasteiger partial charge in [-0.2, -0.15) is 0 Å². The summed E-state index contributed by atoms with van der Waals surface area (Å²) in [5.41, 5.74) is 3.83. The molecule has 0 bridgehead atoms. The largest absolute Gasteiger partial charge is 0.459 e. The minimum atomic E-state index is -1.55. The first-order valence-electron chi connectivity index (χ1n) is 24.3. The lowest BCUT2D eigenvalue weighted by Gasteiger charge is -2.59. The number of fused-ring (bicyclic) bond motifs is 2. The summed E-state index contributed by atoms with van der Waals surface area (Å²) in [5.74, 6) is -0.908. The summed E-state index contributed by atoms with van der Waals surface area (Å²) in [6, 6.07) is 21.5. The number of oxime groups is 1. The average Bonchev–Trinajstić information content (AvgIpc) is 3.37. The maximum Gasteiger partial charge on any atom is 0.410 e. The van der Waals surface area contributed by atoms with Gasteiger partial charge in [0.1, 0.15) is 36.2 Å². The van der Waals surface area contributed by atoms with Gasteiger partial charge < -0.3 is 53.3 Å². The van der Waals surface area contributed by atoms with Gasteiger partial charge in [-0.25, -0.2) is 4.79 Å². The number of allylic oxidation sites excluding steroid dienone is 1. The predicted octanol–water partition coefficient (Wildman–Crippen LogP) is 8.12. The Balaban J connectivity index is 1.36. The molecule has 2 heterocycles. The SMILES string of the molecule is C=CCO[C@@]12Oc3ccc(Oc4cccc(C=O)c4)cc3[C@H]3[C@H](CCCCO)[C@@H](CCCCO)C=C(C(=NOC4CCCCO4)C[C@@H]1N(CCOCCO)C(=O)OCCOCc1ccccc1)[C@H]32. The summed E-state index contributed by atoms with van der Waals surface area (Å²) in [6.07, 6.45) is 10.5. The van der Waals surface area contributed by atoms with E-state index >= 15 is 0 Å². The molecule has 1 unspecified atom stereocenters. The highest BCUT2D eigenvalue weighted by molar-refractivity contribution is 6.03. The summed E-state index contributed by atoms with van der Waals surface area (Å²) >= 11 is 0. The zero-order chi connectivity index (χ0) is 47.6. The molecule has 15 heteroatoms. The number of nitrogens with zero attached hydrogens (tertiary/aromatic N) is 2. The quantitative estimate of drug-likeness (QED) is 0.0289. The van der Waals surface area contributed by atoms with Crippen LogP contribution >= 0.6 is 0 Å². The van der Waals surface area contributed by atoms with Crippen LogP contribution in [-0.4, -0.2) is 122 Å². The third-order valence-electron chi connectivity index (χ3n) is 13.2. The molecule has 2 fully saturated rings. The summed E-state index contributed by atoms with van der Waals surface area (Å²) < 4.78 is 44.6. The highest BCUT2D eigenvalue weighted by atomic mass is 16.8. The normalized spacial score (nSPS) is 24.5. The van der Waals surface area contributed by atoms with E-state index in [4.69, 9.17) is 43.2 Å². The number of hydrogen-bond donors (Lipinski definition) is 3. The fourth-order valence-corrected chi connectivity index (χ4v) is 10.2. The van der Waals surface area contributed by atoms with Gasteiger partial charge in [0, 0.05) is 49.6 Å². The summed E-state index contributed by atoms with van der Waals surface area (Å²) in [5, 5.41) is 34.6. The van der Waals surface area contributed by atoms with E-state index < -0.39 is 30.1 Å². The standard InChI is InChI=1S/C53H68N2O13/c1-2-26-65-53-48(55(22-28-61-29-25-58)52(60)64-31-30-62-37-38-13-4-3-5-14-38)35-46(54-68-49-19-8-11-27-63-49)44-33-40(16-6-9-23-56)43(18-7-10-24-57)50(51(44)53)45-34-42(20-21-47(45)67-53)66-41-17-12-15-39(32-41)36-59/h2-5,12-15,17,20-21,32-34,36,40,43,48-51,56-58H,1,6-11,16,18-19,22-31,35,37H2/t40-,43+,48-,49?,50+,51+,53+/m0/s1. The van der Waals surface area contributed by atoms with E-state index in [9.17, 15) is 24.9 Å². The molecule has 0 spiro atoms. The van der Waals surface area contributed by atoms with Crippen LogP contribution in [0.25, 0.3) is 0 Å². The molecule has 1 saturated heterocycles. The van der Waals surface area contributed by atoms with Gasteiger partial charge in [0.2, 0.25) is 12.1 Å². The topological polar surface area (TPSA) is 184 Å². The number of benzene rings is 3. The van der Waals surface area contributed by atoms with Crippen molar-refractivity contribution in [1.29, 1.82) is 0 Å². The number of aliphatic hydroxyl groups excluding tert-OH is 3. The van der Waals surface area contributed by atoms with Crippen molar-refractivity contribution in [3.63, 3.8) is 0 Å². The van der Waals surface area contributed by atoms with Crippen LogP contribution in [0.15, 0.2) is 102 Å². The van der Waals surface area contributed by atoms with Gasteiger partial charge in [0.25, 0.3) is 0 Å². The number of aliphatic hydroxyl groups is 3. The van der Waals surface area contributed by atoms with E-state index in [0.29, 0.717) is 61.0 Å². The molecule has 2 aliphatic carbocycles. The van der Waals surface area contributed by atoms with Crippen LogP contribution in [0.1, 0.15) is 91.6 Å². The van der Waals surface area contributed by atoms with Gasteiger partial charge in [-0.05, 0) is 91.8 Å². The molecule has 1 amide bonds. The number of aldehydes is 1. The summed E-state index contributed by atoms with van der Waals surface area (Å²) in [4.78, 5) is 34.3. The Kier molecular flexibility index (Phi) is 19.4. The molecule has 0 aromatic heterocycles. The summed E-state index contributed by atoms with van der Waals surface area (Å²) in [6.45, 7) is 5.26. The number of amides is 1. The van der Waals surface area contributed by atoms with Crippen molar-refractivity contribution >= 4 is 18.1 Å². The van der Waals surface area contributed by atoms with Crippen molar-refractivity contribution in [1.82, 2.24) is 4.90 Å². The van der Waals surface area contributed by atoms with Crippen LogP contribution in [0.2, 0.25) is 0 Å². The fraction of sp³-hybridized carbons (Fsp3) is 0.528. The molecule has 7 rings (SSSR count). The van der Waals surface area contributed by atoms with Crippen molar-refractivity contribution in [2.45, 2.75) is 94.9 Å². The van der Waals surface area contributed by atoms with Gasteiger partial charge in [0.15, 0.2) is 0 Å². The van der Waals surface area contributed by atoms with E-state index in [0.717, 1.165) is 61.5 Å². The predicted molar refractivity (Wildman–Crippen MR) is 254 cm³/mol. The number of rotatable bonds is 27. The molecule has 3 N–H and O–H groups in total. The molecule has 68 heavy (non-hydrogen) atoms. The van der Waals surface area contributed by atoms with E-state index in [2.05, 4.69) is 12.7 Å². The van der Waals surface area contributed by atoms with E-state index in [1.807, 2.05) is 48.5 Å². The van der Waals surface area contributed by atoms with Crippen molar-refractivity contribution in [2.75, 3.05) is 66.0 Å². The molecule has 368 valence electrons. The van der Waals surface area contributed by atoms with Crippen LogP contribution in [0.4, 0.5) is 4.79 Å². The Labute approximate surface area is 399 Å². The van der Waals surface area contributed by atoms with E-state index in [1.54, 1.807) is 35.2 Å². The monoisotopic (exact) mass is 940 g/mol. The molecular weight excluding hydrogens is 873 g/mol. The van der Waals surface area contributed by atoms with Crippen LogP contribution in [0, 0.1) is 17.8 Å². The average molecular weight is 941 g/mol. The van der Waals surface area contributed by atoms with Crippen molar-refractivity contribution in [3.8, 4) is 17.2 Å². The molecule has 3 aromatic rings. The lowest BCUT2D eigenvalue weighted by atomic mass is 9.55. The first kappa shape index (κ1) is 50.7. The minimum Gasteiger partial charge on any atom is -0.459 e. The zero-order valence-corrected chi connectivity index (χ0v) is 39.0. The second-order valence-electron chi connectivity index (χ2n) is 17.6. The number of carbonyl (C=O) groups excluding carboxylic acids is 2. The highest BCUT2D eigenvalue weighted by Gasteiger charge is 2.65. The smallest absolute Gasteiger partial charge is 0.410 e. The molecule has 0 radical (unpaired) electrons. The Morgan fingerprint density at radius 1 is 0.882 bits per heavy atom. The minimum absolute atomic E-state index is 0.00455. The van der Waals surface area contributed by atoms with Crippen molar-refractivity contribution in [2.24, 2.45) is 22.9 Å². The van der Waals surface area contributed by atoms with Crippen molar-refractivity contribution in [3.05, 3.63) is 114 Å². The maximum atomic E-state index is 14.8. The fourth-order valence-electron chi connectivity index (χ4n) is 10.2. The number of carbonyl (C=O) groups is 2. The molecule has 7 atom stereocenters. The Morgan fingerprint density at radius 2 is 1.71 bits per heavy atom. The first-order chi connectivity index (χ1) is 33.4. The Bertz CT molecular complexity index is 2130. The van der Waals surface area contributed by atoms with Gasteiger partial charge in [-0.1, -0.05) is 72.6 Å². The molecule has 2 aliphatic heterocycles. The van der Waals surface area contributed by atoms with E-state index in [1.165, 1.54) is 0 Å². The molecular formula is C53H68N2O13. The lowest BCUT2D eigenvalue weighted by Crippen LogP contribution is -2.70. The van der Waals surface area contributed by atoms with Crippen LogP contribution in [0.5, 0.6) is 17.2 Å². The van der Waals surface area contributed by atoms with Gasteiger partial charge >= 0.3 is 6.09 Å². The van der Waals surface area contributed by atoms with Gasteiger partial charge in [-0.15, -0.1) is 6.58 Å². The summed E-state index contributed by atoms with van der Waals surface area (Å²) in [7, 11) is 0. The van der Waals surface area contributed by atoms with Crippen LogP contribution < -0.4 is 9.47 Å². The van der Waals surface area contributed by atoms with E-state index in [-0.39, 0.29) is 83.6 Å². The molecule has 4 aliphatic rings. The molecule has 1 saturated carbocycles. The van der Waals surface area contributed by atoms with Gasteiger partial charge in [-0.3, -0.25) is 9.69 Å². The maximum absolute atomic E-state index is 14.8. The Hall–Kier alpha value is -5.13. The number of unbranched alkanes of at least 4 members (excludes halogenated alkanes) is 2. The Morgan fingerprint density at radius 3 is 2.47 bits per heavy atom. The third-order valence-corrected chi connectivity index (χ3v) is 13.2.